The van der Waals surface area contributed by atoms with Crippen molar-refractivity contribution in [2.45, 2.75) is 17.7 Å². The number of para-hydroxylation sites is 1. The lowest BCUT2D eigenvalue weighted by Gasteiger charge is -2.24. The molecule has 2 aliphatic rings. The van der Waals surface area contributed by atoms with Crippen LogP contribution in [0.5, 0.6) is 5.75 Å². The topological polar surface area (TPSA) is 76.0 Å². The molecular weight excluding hydrogens is 476 g/mol. The Balaban J connectivity index is 1.64. The number of sulfone groups is 1. The molecule has 1 amide bonds. The molecule has 9 heteroatoms. The van der Waals surface area contributed by atoms with Crippen molar-refractivity contribution in [1.82, 2.24) is 0 Å². The molecule has 2 heterocycles. The van der Waals surface area contributed by atoms with Gasteiger partial charge in [0, 0.05) is 21.0 Å². The minimum absolute atomic E-state index is 0.0699. The van der Waals surface area contributed by atoms with Gasteiger partial charge >= 0.3 is 0 Å². The van der Waals surface area contributed by atoms with Crippen molar-refractivity contribution < 1.29 is 17.9 Å². The maximum Gasteiger partial charge on any atom is 0.252 e. The molecule has 0 radical (unpaired) electrons. The first kappa shape index (κ1) is 20.4. The first-order valence-corrected chi connectivity index (χ1v) is 12.5. The summed E-state index contributed by atoms with van der Waals surface area (Å²) in [6.45, 7) is 0. The van der Waals surface area contributed by atoms with Gasteiger partial charge in [-0.3, -0.25) is 4.79 Å². The molecule has 2 aromatic carbocycles. The zero-order valence-corrected chi connectivity index (χ0v) is 18.8. The number of rotatable bonds is 4. The molecule has 0 aliphatic carbocycles. The highest BCUT2D eigenvalue weighted by Gasteiger charge is 2.49. The quantitative estimate of drug-likeness (QED) is 0.648. The summed E-state index contributed by atoms with van der Waals surface area (Å²) < 4.78 is 30.5. The van der Waals surface area contributed by atoms with E-state index in [4.69, 9.17) is 4.74 Å². The van der Waals surface area contributed by atoms with Crippen molar-refractivity contribution in [3.63, 3.8) is 0 Å². The number of halogens is 1. The van der Waals surface area contributed by atoms with E-state index in [9.17, 15) is 13.2 Å². The Labute approximate surface area is 182 Å². The zero-order valence-electron chi connectivity index (χ0n) is 15.6. The molecule has 0 spiro atoms. The summed E-state index contributed by atoms with van der Waals surface area (Å²) in [5, 5.41) is 0.429. The average Bonchev–Trinajstić information content (AvgIpc) is 3.13. The SMILES string of the molecule is COc1ccccc1CC(=O)N=C1S[C@@H]2CS(=O)(=O)C[C@H]2N1c1ccc(Br)cc1. The second-order valence-corrected chi connectivity index (χ2v) is 11.2. The van der Waals surface area contributed by atoms with Crippen molar-refractivity contribution in [2.24, 2.45) is 4.99 Å². The van der Waals surface area contributed by atoms with Crippen LogP contribution < -0.4 is 9.64 Å². The van der Waals surface area contributed by atoms with Crippen LogP contribution in [-0.2, 0) is 21.1 Å². The number of amidine groups is 1. The van der Waals surface area contributed by atoms with Crippen LogP contribution >= 0.6 is 27.7 Å². The van der Waals surface area contributed by atoms with Crippen molar-refractivity contribution >= 4 is 54.3 Å². The maximum atomic E-state index is 12.7. The summed E-state index contributed by atoms with van der Waals surface area (Å²) in [6.07, 6.45) is 0.121. The van der Waals surface area contributed by atoms with Gasteiger partial charge in [-0.05, 0) is 30.3 Å². The van der Waals surface area contributed by atoms with E-state index in [0.717, 1.165) is 15.7 Å². The highest BCUT2D eigenvalue weighted by atomic mass is 79.9. The van der Waals surface area contributed by atoms with E-state index < -0.39 is 9.84 Å². The number of anilines is 1. The highest BCUT2D eigenvalue weighted by Crippen LogP contribution is 2.41. The molecule has 2 aliphatic heterocycles. The average molecular weight is 495 g/mol. The van der Waals surface area contributed by atoms with Crippen LogP contribution in [0.25, 0.3) is 0 Å². The van der Waals surface area contributed by atoms with E-state index in [1.54, 1.807) is 7.11 Å². The number of carbonyl (C=O) groups is 1. The van der Waals surface area contributed by atoms with Crippen LogP contribution in [0.15, 0.2) is 58.0 Å². The second kappa shape index (κ2) is 8.12. The number of hydrogen-bond acceptors (Lipinski definition) is 5. The Hall–Kier alpha value is -1.84. The Morgan fingerprint density at radius 1 is 1.21 bits per heavy atom. The van der Waals surface area contributed by atoms with Gasteiger partial charge in [0.15, 0.2) is 15.0 Å². The minimum atomic E-state index is -3.09. The normalized spacial score (nSPS) is 23.9. The fourth-order valence-electron chi connectivity index (χ4n) is 3.63. The van der Waals surface area contributed by atoms with Gasteiger partial charge < -0.3 is 9.64 Å². The summed E-state index contributed by atoms with van der Waals surface area (Å²) in [5.41, 5.74) is 1.60. The number of aliphatic imine (C=N–C) groups is 1. The van der Waals surface area contributed by atoms with E-state index >= 15 is 0 Å². The van der Waals surface area contributed by atoms with Crippen LogP contribution in [0.4, 0.5) is 5.69 Å². The van der Waals surface area contributed by atoms with Gasteiger partial charge in [0.2, 0.25) is 0 Å². The van der Waals surface area contributed by atoms with Gasteiger partial charge in [0.1, 0.15) is 5.75 Å². The van der Waals surface area contributed by atoms with Gasteiger partial charge in [-0.2, -0.15) is 4.99 Å². The Morgan fingerprint density at radius 2 is 1.93 bits per heavy atom. The van der Waals surface area contributed by atoms with Gasteiger partial charge in [0.05, 0.1) is 31.1 Å². The third-order valence-corrected chi connectivity index (χ3v) is 8.66. The molecule has 0 N–H and O–H groups in total. The number of thioether (sulfide) groups is 1. The lowest BCUT2D eigenvalue weighted by molar-refractivity contribution is -0.117. The number of methoxy groups -OCH3 is 1. The molecule has 4 rings (SSSR count). The summed E-state index contributed by atoms with van der Waals surface area (Å²) in [6, 6.07) is 14.7. The minimum Gasteiger partial charge on any atom is -0.496 e. The Bertz CT molecular complexity index is 1070. The first-order chi connectivity index (χ1) is 13.9. The van der Waals surface area contributed by atoms with E-state index in [-0.39, 0.29) is 35.1 Å². The molecule has 0 aromatic heterocycles. The highest BCUT2D eigenvalue weighted by molar-refractivity contribution is 9.10. The molecule has 0 saturated carbocycles. The zero-order chi connectivity index (χ0) is 20.6. The number of hydrogen-bond donors (Lipinski definition) is 0. The number of benzene rings is 2. The molecule has 2 atom stereocenters. The standard InChI is InChI=1S/C20H19BrN2O4S2/c1-27-17-5-3-2-4-13(17)10-19(24)22-20-23(15-8-6-14(21)7-9-15)16-11-29(25,26)12-18(16)28-20/h2-9,16,18H,10-12H2,1H3/t16-,18-/m1/s1. The van der Waals surface area contributed by atoms with Gasteiger partial charge in [-0.1, -0.05) is 45.9 Å². The smallest absolute Gasteiger partial charge is 0.252 e. The van der Waals surface area contributed by atoms with Crippen molar-refractivity contribution in [3.05, 3.63) is 58.6 Å². The third kappa shape index (κ3) is 4.36. The summed E-state index contributed by atoms with van der Waals surface area (Å²) in [4.78, 5) is 19.0. The number of fused-ring (bicyclic) bond motifs is 1. The largest absolute Gasteiger partial charge is 0.496 e. The van der Waals surface area contributed by atoms with Crippen LogP contribution in [0.3, 0.4) is 0 Å². The van der Waals surface area contributed by atoms with Crippen LogP contribution in [0, 0.1) is 0 Å². The molecular formula is C20H19BrN2O4S2. The Morgan fingerprint density at radius 3 is 2.66 bits per heavy atom. The van der Waals surface area contributed by atoms with Crippen molar-refractivity contribution in [1.29, 1.82) is 0 Å². The maximum absolute atomic E-state index is 12.7. The first-order valence-electron chi connectivity index (χ1n) is 9.01. The van der Waals surface area contributed by atoms with Gasteiger partial charge in [-0.25, -0.2) is 8.42 Å². The number of ether oxygens (including phenoxy) is 1. The van der Waals surface area contributed by atoms with E-state index in [2.05, 4.69) is 20.9 Å². The molecule has 2 aromatic rings. The predicted octanol–water partition coefficient (Wildman–Crippen LogP) is 3.30. The number of nitrogens with zero attached hydrogens (tertiary/aromatic N) is 2. The predicted molar refractivity (Wildman–Crippen MR) is 120 cm³/mol. The van der Waals surface area contributed by atoms with Crippen LogP contribution in [0.2, 0.25) is 0 Å². The van der Waals surface area contributed by atoms with Crippen molar-refractivity contribution in [3.8, 4) is 5.75 Å². The van der Waals surface area contributed by atoms with E-state index in [1.807, 2.05) is 53.4 Å². The molecule has 152 valence electrons. The van der Waals surface area contributed by atoms with Crippen molar-refractivity contribution in [2.75, 3.05) is 23.5 Å². The molecule has 29 heavy (non-hydrogen) atoms. The van der Waals surface area contributed by atoms with Gasteiger partial charge in [-0.15, -0.1) is 0 Å². The van der Waals surface area contributed by atoms with E-state index in [1.165, 1.54) is 11.8 Å². The fourth-order valence-corrected chi connectivity index (χ4v) is 7.82. The van der Waals surface area contributed by atoms with E-state index in [0.29, 0.717) is 10.9 Å². The van der Waals surface area contributed by atoms with Crippen LogP contribution in [-0.4, -0.2) is 49.4 Å². The number of amides is 1. The summed E-state index contributed by atoms with van der Waals surface area (Å²) >= 11 is 4.79. The fraction of sp³-hybridized carbons (Fsp3) is 0.300. The molecule has 0 unspecified atom stereocenters. The Kier molecular flexibility index (Phi) is 5.72. The third-order valence-electron chi connectivity index (χ3n) is 4.93. The van der Waals surface area contributed by atoms with Crippen LogP contribution in [0.1, 0.15) is 5.56 Å². The second-order valence-electron chi connectivity index (χ2n) is 6.92. The number of carbonyl (C=O) groups excluding carboxylic acids is 1. The lowest BCUT2D eigenvalue weighted by Crippen LogP contribution is -2.37. The molecule has 2 saturated heterocycles. The molecule has 6 nitrogen and oxygen atoms in total. The molecule has 2 fully saturated rings. The molecule has 0 bridgehead atoms. The summed E-state index contributed by atoms with van der Waals surface area (Å²) in [5.74, 6) is 0.532. The lowest BCUT2D eigenvalue weighted by atomic mass is 10.1. The monoisotopic (exact) mass is 494 g/mol. The van der Waals surface area contributed by atoms with Gasteiger partial charge in [0.25, 0.3) is 5.91 Å². The summed E-state index contributed by atoms with van der Waals surface area (Å²) in [7, 11) is -1.52.